The summed E-state index contributed by atoms with van der Waals surface area (Å²) in [5, 5.41) is 22.3. The van der Waals surface area contributed by atoms with Crippen molar-refractivity contribution in [2.75, 3.05) is 0 Å². The molecule has 0 unspecified atom stereocenters. The van der Waals surface area contributed by atoms with Crippen LogP contribution in [0.15, 0.2) is 146 Å². The zero-order chi connectivity index (χ0) is 31.9. The van der Waals surface area contributed by atoms with Crippen molar-refractivity contribution in [2.45, 2.75) is 0 Å². The van der Waals surface area contributed by atoms with Gasteiger partial charge in [-0.2, -0.15) is 5.26 Å². The third-order valence-electron chi connectivity index (χ3n) is 9.92. The minimum absolute atomic E-state index is 0.483. The van der Waals surface area contributed by atoms with Crippen molar-refractivity contribution in [3.63, 3.8) is 0 Å². The number of aromatic nitrogens is 2. The minimum Gasteiger partial charge on any atom is -0.319 e. The largest absolute Gasteiger partial charge is 0.319 e. The molecule has 10 rings (SSSR count). The van der Waals surface area contributed by atoms with E-state index in [9.17, 15) is 5.26 Å². The van der Waals surface area contributed by atoms with Crippen LogP contribution in [0, 0.1) is 17.9 Å². The number of fused-ring (bicyclic) bond motifs is 12. The second kappa shape index (κ2) is 9.81. The maximum Gasteiger partial charge on any atom is 0.212 e. The molecule has 0 radical (unpaired) electrons. The van der Waals surface area contributed by atoms with Gasteiger partial charge < -0.3 is 9.13 Å². The molecule has 0 atom stereocenters. The lowest BCUT2D eigenvalue weighted by Gasteiger charge is -2.16. The fraction of sp³-hybridized carbons (Fsp3) is 0. The fourth-order valence-electron chi connectivity index (χ4n) is 7.92. The molecular formula is C44H24N4. The summed E-state index contributed by atoms with van der Waals surface area (Å²) in [6.07, 6.45) is 0. The van der Waals surface area contributed by atoms with E-state index in [1.165, 1.54) is 0 Å². The van der Waals surface area contributed by atoms with Crippen LogP contribution in [0.1, 0.15) is 5.56 Å². The Labute approximate surface area is 275 Å². The zero-order valence-electron chi connectivity index (χ0n) is 25.6. The fourth-order valence-corrected chi connectivity index (χ4v) is 7.92. The predicted octanol–water partition coefficient (Wildman–Crippen LogP) is 11.8. The van der Waals surface area contributed by atoms with Gasteiger partial charge >= 0.3 is 0 Å². The van der Waals surface area contributed by atoms with Crippen LogP contribution in [0.2, 0.25) is 0 Å². The minimum atomic E-state index is 0.483. The molecule has 4 nitrogen and oxygen atoms in total. The molecule has 0 spiro atoms. The first-order valence-corrected chi connectivity index (χ1v) is 16.0. The molecule has 0 aliphatic rings. The average molecular weight is 609 g/mol. The van der Waals surface area contributed by atoms with Crippen LogP contribution in [0.5, 0.6) is 0 Å². The number of nitrogens with zero attached hydrogens (tertiary/aromatic N) is 4. The molecule has 0 aliphatic heterocycles. The molecular weight excluding hydrogens is 585 g/mol. The molecule has 0 amide bonds. The summed E-state index contributed by atoms with van der Waals surface area (Å²) in [5.41, 5.74) is 6.40. The standard InChI is InChI=1S/C44H24N4/c1-46-35-25-40(48-38-22-19-28-11-3-6-14-32(28)43(38)44-33-15-7-4-12-29(33)20-23-39(44)48)30(26-45)24-41(35)47-36-17-9-8-16-34(36)42-31-13-5-2-10-27(31)18-21-37(42)47/h2-25H. The van der Waals surface area contributed by atoms with Gasteiger partial charge in [0.25, 0.3) is 0 Å². The van der Waals surface area contributed by atoms with Gasteiger partial charge in [0.1, 0.15) is 6.07 Å². The van der Waals surface area contributed by atoms with Crippen molar-refractivity contribution >= 4 is 81.6 Å². The summed E-state index contributed by atoms with van der Waals surface area (Å²) in [5.74, 6) is 0. The van der Waals surface area contributed by atoms with Gasteiger partial charge in [-0.25, -0.2) is 4.85 Å². The van der Waals surface area contributed by atoms with E-state index >= 15 is 0 Å². The van der Waals surface area contributed by atoms with Crippen molar-refractivity contribution in [1.82, 2.24) is 9.13 Å². The van der Waals surface area contributed by atoms with E-state index in [0.29, 0.717) is 22.6 Å². The molecule has 48 heavy (non-hydrogen) atoms. The van der Waals surface area contributed by atoms with Crippen LogP contribution in [0.4, 0.5) is 5.69 Å². The smallest absolute Gasteiger partial charge is 0.212 e. The number of para-hydroxylation sites is 1. The van der Waals surface area contributed by atoms with Crippen molar-refractivity contribution in [3.05, 3.63) is 163 Å². The van der Waals surface area contributed by atoms with Gasteiger partial charge in [0, 0.05) is 21.5 Å². The van der Waals surface area contributed by atoms with E-state index in [2.05, 4.69) is 147 Å². The Kier molecular flexibility index (Phi) is 5.38. The molecule has 0 saturated heterocycles. The van der Waals surface area contributed by atoms with Gasteiger partial charge in [0.2, 0.25) is 5.69 Å². The first kappa shape index (κ1) is 26.3. The zero-order valence-corrected chi connectivity index (χ0v) is 25.6. The maximum absolute atomic E-state index is 10.8. The van der Waals surface area contributed by atoms with Crippen LogP contribution in [0.25, 0.3) is 92.1 Å². The average Bonchev–Trinajstić information content (AvgIpc) is 3.68. The van der Waals surface area contributed by atoms with Crippen LogP contribution in [-0.4, -0.2) is 9.13 Å². The van der Waals surface area contributed by atoms with E-state index in [4.69, 9.17) is 6.57 Å². The molecule has 8 aromatic carbocycles. The van der Waals surface area contributed by atoms with Crippen LogP contribution < -0.4 is 0 Å². The van der Waals surface area contributed by atoms with Crippen LogP contribution in [-0.2, 0) is 0 Å². The number of hydrogen-bond donors (Lipinski definition) is 0. The second-order valence-electron chi connectivity index (χ2n) is 12.3. The van der Waals surface area contributed by atoms with E-state index in [1.54, 1.807) is 0 Å². The third-order valence-corrected chi connectivity index (χ3v) is 9.92. The third kappa shape index (κ3) is 3.46. The number of nitriles is 1. The van der Waals surface area contributed by atoms with Gasteiger partial charge in [-0.3, -0.25) is 0 Å². The highest BCUT2D eigenvalue weighted by molar-refractivity contribution is 6.28. The number of rotatable bonds is 2. The van der Waals surface area contributed by atoms with Crippen molar-refractivity contribution in [1.29, 1.82) is 5.26 Å². The Morgan fingerprint density at radius 2 is 0.917 bits per heavy atom. The molecule has 2 heterocycles. The Morgan fingerprint density at radius 3 is 1.46 bits per heavy atom. The molecule has 0 aliphatic carbocycles. The van der Waals surface area contributed by atoms with Gasteiger partial charge in [-0.15, -0.1) is 0 Å². The van der Waals surface area contributed by atoms with E-state index in [-0.39, 0.29) is 0 Å². The topological polar surface area (TPSA) is 38.0 Å². The summed E-state index contributed by atoms with van der Waals surface area (Å²) in [4.78, 5) is 4.11. The summed E-state index contributed by atoms with van der Waals surface area (Å²) in [6, 6.07) is 52.9. The lowest BCUT2D eigenvalue weighted by Crippen LogP contribution is -2.01. The first-order valence-electron chi connectivity index (χ1n) is 16.0. The quantitative estimate of drug-likeness (QED) is 0.180. The Bertz CT molecular complexity index is 3000. The molecule has 0 saturated carbocycles. The SMILES string of the molecule is [C-]#[N+]c1cc(-n2c3ccc4ccccc4c3c3c4ccccc4ccc32)c(C#N)cc1-n1c2ccccc2c2c3ccccc3ccc21. The molecule has 10 aromatic rings. The van der Waals surface area contributed by atoms with Crippen molar-refractivity contribution in [2.24, 2.45) is 0 Å². The lowest BCUT2D eigenvalue weighted by atomic mass is 10.00. The molecule has 2 aromatic heterocycles. The summed E-state index contributed by atoms with van der Waals surface area (Å²) < 4.78 is 4.34. The highest BCUT2D eigenvalue weighted by Gasteiger charge is 2.23. The van der Waals surface area contributed by atoms with Crippen molar-refractivity contribution in [3.8, 4) is 17.4 Å². The molecule has 0 bridgehead atoms. The highest BCUT2D eigenvalue weighted by atomic mass is 15.0. The van der Waals surface area contributed by atoms with Gasteiger partial charge in [-0.05, 0) is 68.7 Å². The van der Waals surface area contributed by atoms with Crippen molar-refractivity contribution < 1.29 is 0 Å². The number of hydrogen-bond acceptors (Lipinski definition) is 1. The van der Waals surface area contributed by atoms with Gasteiger partial charge in [0.15, 0.2) is 0 Å². The number of benzene rings is 8. The Hall–Kier alpha value is -6.88. The second-order valence-corrected chi connectivity index (χ2v) is 12.3. The van der Waals surface area contributed by atoms with Crippen LogP contribution in [0.3, 0.4) is 0 Å². The summed E-state index contributed by atoms with van der Waals surface area (Å²) in [7, 11) is 0. The van der Waals surface area contributed by atoms with E-state index in [1.807, 2.05) is 18.2 Å². The van der Waals surface area contributed by atoms with Gasteiger partial charge in [-0.1, -0.05) is 109 Å². The first-order chi connectivity index (χ1) is 23.7. The molecule has 0 fully saturated rings. The highest BCUT2D eigenvalue weighted by Crippen LogP contribution is 2.44. The predicted molar refractivity (Wildman–Crippen MR) is 199 cm³/mol. The molecule has 4 heteroatoms. The normalized spacial score (nSPS) is 11.7. The van der Waals surface area contributed by atoms with E-state index < -0.39 is 0 Å². The molecule has 0 N–H and O–H groups in total. The summed E-state index contributed by atoms with van der Waals surface area (Å²) >= 11 is 0. The van der Waals surface area contributed by atoms with Gasteiger partial charge in [0.05, 0.1) is 45.6 Å². The monoisotopic (exact) mass is 608 g/mol. The lowest BCUT2D eigenvalue weighted by molar-refractivity contribution is 1.14. The molecule has 220 valence electrons. The van der Waals surface area contributed by atoms with Crippen LogP contribution >= 0.6 is 0 Å². The Balaban J connectivity index is 1.34. The van der Waals surface area contributed by atoms with E-state index in [0.717, 1.165) is 75.9 Å². The summed E-state index contributed by atoms with van der Waals surface area (Å²) in [6.45, 7) is 8.45. The Morgan fingerprint density at radius 1 is 0.458 bits per heavy atom. The maximum atomic E-state index is 10.8.